The highest BCUT2D eigenvalue weighted by Gasteiger charge is 2.09. The van der Waals surface area contributed by atoms with E-state index in [0.29, 0.717) is 6.42 Å². The predicted molar refractivity (Wildman–Crippen MR) is 59.5 cm³/mol. The average molecular weight is 215 g/mol. The third-order valence-corrected chi connectivity index (χ3v) is 1.98. The normalized spacial score (nSPS) is 12.0. The summed E-state index contributed by atoms with van der Waals surface area (Å²) in [6.07, 6.45) is 0.397. The quantitative estimate of drug-likeness (QED) is 0.632. The zero-order valence-electron chi connectivity index (χ0n) is 9.96. The zero-order chi connectivity index (χ0) is 11.8. The maximum Gasteiger partial charge on any atom is 0.241 e. The van der Waals surface area contributed by atoms with E-state index in [2.05, 4.69) is 10.6 Å². The fourth-order valence-corrected chi connectivity index (χ4v) is 1.10. The van der Waals surface area contributed by atoms with Crippen molar-refractivity contribution in [3.05, 3.63) is 0 Å². The number of rotatable bonds is 6. The SMILES string of the molecule is CCNC(C)CC(=O)NCC(=O)N(C)C. The van der Waals surface area contributed by atoms with E-state index < -0.39 is 0 Å². The van der Waals surface area contributed by atoms with Crippen LogP contribution in [0.1, 0.15) is 20.3 Å². The Bertz CT molecular complexity index is 217. The largest absolute Gasteiger partial charge is 0.347 e. The lowest BCUT2D eigenvalue weighted by Gasteiger charge is -2.13. The molecule has 0 aromatic rings. The molecule has 0 saturated carbocycles. The van der Waals surface area contributed by atoms with E-state index in [-0.39, 0.29) is 24.4 Å². The van der Waals surface area contributed by atoms with Crippen LogP contribution in [0.5, 0.6) is 0 Å². The van der Waals surface area contributed by atoms with Crippen molar-refractivity contribution in [3.8, 4) is 0 Å². The van der Waals surface area contributed by atoms with Crippen molar-refractivity contribution in [2.24, 2.45) is 0 Å². The molecular formula is C10H21N3O2. The van der Waals surface area contributed by atoms with Gasteiger partial charge in [-0.15, -0.1) is 0 Å². The standard InChI is InChI=1S/C10H21N3O2/c1-5-11-8(2)6-9(14)12-7-10(15)13(3)4/h8,11H,5-7H2,1-4H3,(H,12,14). The van der Waals surface area contributed by atoms with Gasteiger partial charge in [-0.1, -0.05) is 6.92 Å². The van der Waals surface area contributed by atoms with Crippen molar-refractivity contribution >= 4 is 11.8 Å². The minimum Gasteiger partial charge on any atom is -0.347 e. The number of carbonyl (C=O) groups is 2. The summed E-state index contributed by atoms with van der Waals surface area (Å²) in [4.78, 5) is 23.9. The Labute approximate surface area is 91.2 Å². The van der Waals surface area contributed by atoms with Crippen molar-refractivity contribution in [1.82, 2.24) is 15.5 Å². The Kier molecular flexibility index (Phi) is 6.70. The highest BCUT2D eigenvalue weighted by Crippen LogP contribution is 1.89. The Hall–Kier alpha value is -1.10. The Morgan fingerprint density at radius 1 is 1.33 bits per heavy atom. The summed E-state index contributed by atoms with van der Waals surface area (Å²) >= 11 is 0. The molecule has 0 saturated heterocycles. The Balaban J connectivity index is 3.70. The molecule has 0 aliphatic carbocycles. The minimum atomic E-state index is -0.0985. The van der Waals surface area contributed by atoms with Crippen LogP contribution in [-0.4, -0.2) is 49.9 Å². The van der Waals surface area contributed by atoms with Crippen LogP contribution in [0.15, 0.2) is 0 Å². The van der Waals surface area contributed by atoms with Gasteiger partial charge in [-0.2, -0.15) is 0 Å². The van der Waals surface area contributed by atoms with Crippen molar-refractivity contribution in [1.29, 1.82) is 0 Å². The van der Waals surface area contributed by atoms with Crippen LogP contribution in [0.2, 0.25) is 0 Å². The maximum absolute atomic E-state index is 11.3. The molecule has 1 atom stereocenters. The summed E-state index contributed by atoms with van der Waals surface area (Å²) in [7, 11) is 3.32. The molecule has 5 nitrogen and oxygen atoms in total. The van der Waals surface area contributed by atoms with Gasteiger partial charge in [0.1, 0.15) is 0 Å². The van der Waals surface area contributed by atoms with Gasteiger partial charge < -0.3 is 15.5 Å². The Morgan fingerprint density at radius 2 is 1.93 bits per heavy atom. The molecule has 1 unspecified atom stereocenters. The van der Waals surface area contributed by atoms with Crippen LogP contribution in [0.3, 0.4) is 0 Å². The average Bonchev–Trinajstić information content (AvgIpc) is 2.14. The van der Waals surface area contributed by atoms with Crippen molar-refractivity contribution < 1.29 is 9.59 Å². The van der Waals surface area contributed by atoms with E-state index in [1.165, 1.54) is 4.90 Å². The second-order valence-corrected chi connectivity index (χ2v) is 3.73. The molecule has 0 spiro atoms. The number of nitrogens with zero attached hydrogens (tertiary/aromatic N) is 1. The molecule has 0 heterocycles. The number of amides is 2. The summed E-state index contributed by atoms with van der Waals surface area (Å²) < 4.78 is 0. The lowest BCUT2D eigenvalue weighted by molar-refractivity contribution is -0.131. The van der Waals surface area contributed by atoms with Gasteiger partial charge in [0.25, 0.3) is 0 Å². The molecule has 2 amide bonds. The molecule has 15 heavy (non-hydrogen) atoms. The summed E-state index contributed by atoms with van der Waals surface area (Å²) in [5.41, 5.74) is 0. The summed E-state index contributed by atoms with van der Waals surface area (Å²) in [5, 5.41) is 5.71. The number of nitrogens with one attached hydrogen (secondary N) is 2. The van der Waals surface area contributed by atoms with E-state index in [4.69, 9.17) is 0 Å². The van der Waals surface area contributed by atoms with Crippen LogP contribution in [0, 0.1) is 0 Å². The number of carbonyl (C=O) groups excluding carboxylic acids is 2. The molecule has 0 aromatic heterocycles. The van der Waals surface area contributed by atoms with Crippen molar-refractivity contribution in [3.63, 3.8) is 0 Å². The maximum atomic E-state index is 11.3. The molecule has 0 aliphatic heterocycles. The number of hydrogen-bond donors (Lipinski definition) is 2. The predicted octanol–water partition coefficient (Wildman–Crippen LogP) is -0.421. The van der Waals surface area contributed by atoms with Gasteiger partial charge in [-0.05, 0) is 13.5 Å². The number of hydrogen-bond acceptors (Lipinski definition) is 3. The second kappa shape index (κ2) is 7.23. The highest BCUT2D eigenvalue weighted by atomic mass is 16.2. The molecule has 0 bridgehead atoms. The van der Waals surface area contributed by atoms with E-state index in [1.807, 2.05) is 13.8 Å². The molecule has 5 heteroatoms. The first-order chi connectivity index (χ1) is 6.97. The second-order valence-electron chi connectivity index (χ2n) is 3.73. The van der Waals surface area contributed by atoms with Crippen LogP contribution < -0.4 is 10.6 Å². The Morgan fingerprint density at radius 3 is 2.40 bits per heavy atom. The van der Waals surface area contributed by atoms with E-state index >= 15 is 0 Å². The molecule has 0 rings (SSSR count). The monoisotopic (exact) mass is 215 g/mol. The summed E-state index contributed by atoms with van der Waals surface area (Å²) in [5.74, 6) is -0.196. The molecule has 88 valence electrons. The molecular weight excluding hydrogens is 194 g/mol. The van der Waals surface area contributed by atoms with Gasteiger partial charge in [-0.25, -0.2) is 0 Å². The fraction of sp³-hybridized carbons (Fsp3) is 0.800. The first-order valence-electron chi connectivity index (χ1n) is 5.17. The third kappa shape index (κ3) is 6.90. The van der Waals surface area contributed by atoms with Gasteiger partial charge in [0.2, 0.25) is 11.8 Å². The van der Waals surface area contributed by atoms with E-state index in [0.717, 1.165) is 6.54 Å². The van der Waals surface area contributed by atoms with Crippen LogP contribution >= 0.6 is 0 Å². The minimum absolute atomic E-state index is 0.0741. The summed E-state index contributed by atoms with van der Waals surface area (Å²) in [6, 6.07) is 0.143. The summed E-state index contributed by atoms with van der Waals surface area (Å²) in [6.45, 7) is 4.84. The third-order valence-electron chi connectivity index (χ3n) is 1.98. The lowest BCUT2D eigenvalue weighted by Crippen LogP contribution is -2.39. The first-order valence-corrected chi connectivity index (χ1v) is 5.17. The molecule has 0 aliphatic rings. The van der Waals surface area contributed by atoms with E-state index in [1.54, 1.807) is 14.1 Å². The van der Waals surface area contributed by atoms with Gasteiger partial charge in [0.15, 0.2) is 0 Å². The molecule has 0 fully saturated rings. The van der Waals surface area contributed by atoms with E-state index in [9.17, 15) is 9.59 Å². The topological polar surface area (TPSA) is 61.4 Å². The molecule has 0 aromatic carbocycles. The highest BCUT2D eigenvalue weighted by molar-refractivity contribution is 5.84. The van der Waals surface area contributed by atoms with Crippen molar-refractivity contribution in [2.75, 3.05) is 27.2 Å². The van der Waals surface area contributed by atoms with Crippen LogP contribution in [0.4, 0.5) is 0 Å². The van der Waals surface area contributed by atoms with Gasteiger partial charge in [0.05, 0.1) is 6.54 Å². The van der Waals surface area contributed by atoms with Gasteiger partial charge >= 0.3 is 0 Å². The van der Waals surface area contributed by atoms with Crippen LogP contribution in [0.25, 0.3) is 0 Å². The van der Waals surface area contributed by atoms with Gasteiger partial charge in [-0.3, -0.25) is 9.59 Å². The molecule has 0 radical (unpaired) electrons. The van der Waals surface area contributed by atoms with Crippen LogP contribution in [-0.2, 0) is 9.59 Å². The number of likely N-dealkylation sites (N-methyl/N-ethyl adjacent to an activating group) is 1. The van der Waals surface area contributed by atoms with Gasteiger partial charge in [0, 0.05) is 26.6 Å². The molecule has 2 N–H and O–H groups in total. The zero-order valence-corrected chi connectivity index (χ0v) is 9.96. The first kappa shape index (κ1) is 13.9. The lowest BCUT2D eigenvalue weighted by atomic mass is 10.2. The van der Waals surface area contributed by atoms with Crippen molar-refractivity contribution in [2.45, 2.75) is 26.3 Å². The fourth-order valence-electron chi connectivity index (χ4n) is 1.10. The smallest absolute Gasteiger partial charge is 0.241 e.